The lowest BCUT2D eigenvalue weighted by molar-refractivity contribution is -0.120. The Labute approximate surface area is 250 Å². The Hall–Kier alpha value is -5.81. The SMILES string of the molecule is COc1ccc(/C=N\OCC(=O)Nc2c(C#N)c(-c3ccccc3)c(-c3ccccc3)n2Cc2ccccc2)cc1OC. The van der Waals surface area contributed by atoms with E-state index in [1.165, 1.54) is 6.21 Å². The van der Waals surface area contributed by atoms with Gasteiger partial charge in [-0.3, -0.25) is 4.79 Å². The van der Waals surface area contributed by atoms with Gasteiger partial charge in [0.15, 0.2) is 18.1 Å². The lowest BCUT2D eigenvalue weighted by Gasteiger charge is -2.15. The number of nitriles is 1. The van der Waals surface area contributed by atoms with Gasteiger partial charge in [0.25, 0.3) is 5.91 Å². The van der Waals surface area contributed by atoms with Gasteiger partial charge >= 0.3 is 0 Å². The molecule has 1 N–H and O–H groups in total. The Morgan fingerprint density at radius 1 is 0.860 bits per heavy atom. The van der Waals surface area contributed by atoms with Crippen molar-refractivity contribution < 1.29 is 19.1 Å². The maximum absolute atomic E-state index is 13.2. The predicted molar refractivity (Wildman–Crippen MR) is 167 cm³/mol. The number of oxime groups is 1. The maximum Gasteiger partial charge on any atom is 0.266 e. The van der Waals surface area contributed by atoms with E-state index in [1.54, 1.807) is 32.4 Å². The van der Waals surface area contributed by atoms with Crippen LogP contribution in [0.15, 0.2) is 114 Å². The number of rotatable bonds is 11. The zero-order chi connectivity index (χ0) is 30.0. The summed E-state index contributed by atoms with van der Waals surface area (Å²) in [5.41, 5.74) is 5.46. The lowest BCUT2D eigenvalue weighted by Crippen LogP contribution is -2.20. The van der Waals surface area contributed by atoms with Crippen LogP contribution in [-0.2, 0) is 16.2 Å². The molecule has 0 bridgehead atoms. The average Bonchev–Trinajstić information content (AvgIpc) is 3.36. The Morgan fingerprint density at radius 3 is 2.12 bits per heavy atom. The highest BCUT2D eigenvalue weighted by molar-refractivity contribution is 5.98. The number of hydrogen-bond acceptors (Lipinski definition) is 6. The molecule has 0 spiro atoms. The van der Waals surface area contributed by atoms with Gasteiger partial charge in [-0.2, -0.15) is 5.26 Å². The van der Waals surface area contributed by atoms with Crippen molar-refractivity contribution in [2.24, 2.45) is 5.16 Å². The fourth-order valence-electron chi connectivity index (χ4n) is 4.86. The summed E-state index contributed by atoms with van der Waals surface area (Å²) in [7, 11) is 3.11. The molecule has 0 unspecified atom stereocenters. The third-order valence-corrected chi connectivity index (χ3v) is 6.81. The number of aromatic nitrogens is 1. The molecule has 8 heteroatoms. The number of carbonyl (C=O) groups is 1. The second-order valence-electron chi connectivity index (χ2n) is 9.53. The van der Waals surface area contributed by atoms with E-state index in [-0.39, 0.29) is 6.61 Å². The summed E-state index contributed by atoms with van der Waals surface area (Å²) in [4.78, 5) is 18.5. The first kappa shape index (κ1) is 28.7. The average molecular weight is 571 g/mol. The molecule has 0 aliphatic heterocycles. The first-order valence-corrected chi connectivity index (χ1v) is 13.6. The number of benzene rings is 4. The molecule has 43 heavy (non-hydrogen) atoms. The number of nitrogens with one attached hydrogen (secondary N) is 1. The van der Waals surface area contributed by atoms with E-state index in [0.29, 0.717) is 35.0 Å². The summed E-state index contributed by atoms with van der Waals surface area (Å²) in [5.74, 6) is 1.08. The molecular weight excluding hydrogens is 540 g/mol. The van der Waals surface area contributed by atoms with Crippen LogP contribution in [0.25, 0.3) is 22.4 Å². The molecule has 5 rings (SSSR count). The third kappa shape index (κ3) is 6.58. The molecule has 0 aliphatic carbocycles. The van der Waals surface area contributed by atoms with Crippen LogP contribution in [0.2, 0.25) is 0 Å². The van der Waals surface area contributed by atoms with Gasteiger partial charge in [-0.05, 0) is 34.9 Å². The summed E-state index contributed by atoms with van der Waals surface area (Å²) in [6.07, 6.45) is 1.48. The van der Waals surface area contributed by atoms with Crippen molar-refractivity contribution in [2.45, 2.75) is 6.54 Å². The third-order valence-electron chi connectivity index (χ3n) is 6.81. The standard InChI is InChI=1S/C35H30N4O4/c1-41-30-19-18-26(20-31(30)42-2)22-37-43-24-32(40)38-35-29(21-36)33(27-14-8-4-9-15-27)34(28-16-10-5-11-17-28)39(35)23-25-12-6-3-7-13-25/h3-20,22H,23-24H2,1-2H3,(H,38,40)/b37-22-. The van der Waals surface area contributed by atoms with Crippen molar-refractivity contribution in [3.8, 4) is 40.0 Å². The molecule has 8 nitrogen and oxygen atoms in total. The highest BCUT2D eigenvalue weighted by Crippen LogP contribution is 2.42. The largest absolute Gasteiger partial charge is 0.493 e. The van der Waals surface area contributed by atoms with E-state index < -0.39 is 5.91 Å². The number of amides is 1. The van der Waals surface area contributed by atoms with Gasteiger partial charge in [0.2, 0.25) is 0 Å². The van der Waals surface area contributed by atoms with E-state index >= 15 is 0 Å². The highest BCUT2D eigenvalue weighted by Gasteiger charge is 2.26. The molecule has 214 valence electrons. The maximum atomic E-state index is 13.2. The van der Waals surface area contributed by atoms with Crippen LogP contribution in [0, 0.1) is 11.3 Å². The summed E-state index contributed by atoms with van der Waals surface area (Å²) >= 11 is 0. The first-order valence-electron chi connectivity index (χ1n) is 13.6. The van der Waals surface area contributed by atoms with Gasteiger partial charge in [-0.15, -0.1) is 0 Å². The molecule has 4 aromatic carbocycles. The number of nitrogens with zero attached hydrogens (tertiary/aromatic N) is 3. The van der Waals surface area contributed by atoms with Crippen LogP contribution in [-0.4, -0.2) is 37.5 Å². The van der Waals surface area contributed by atoms with E-state index in [4.69, 9.17) is 14.3 Å². The van der Waals surface area contributed by atoms with Crippen LogP contribution >= 0.6 is 0 Å². The van der Waals surface area contributed by atoms with Gasteiger partial charge in [0.1, 0.15) is 17.5 Å². The van der Waals surface area contributed by atoms with Crippen LogP contribution < -0.4 is 14.8 Å². The smallest absolute Gasteiger partial charge is 0.266 e. The molecule has 0 radical (unpaired) electrons. The van der Waals surface area contributed by atoms with Crippen molar-refractivity contribution >= 4 is 17.9 Å². The second-order valence-corrected chi connectivity index (χ2v) is 9.53. The zero-order valence-electron chi connectivity index (χ0n) is 23.9. The quantitative estimate of drug-likeness (QED) is 0.140. The zero-order valence-corrected chi connectivity index (χ0v) is 23.9. The molecule has 5 aromatic rings. The van der Waals surface area contributed by atoms with Crippen LogP contribution in [0.1, 0.15) is 16.7 Å². The molecule has 0 saturated carbocycles. The van der Waals surface area contributed by atoms with Gasteiger partial charge in [-0.1, -0.05) is 96.2 Å². The van der Waals surface area contributed by atoms with Gasteiger partial charge in [0.05, 0.1) is 26.1 Å². The number of ether oxygens (including phenoxy) is 2. The summed E-state index contributed by atoms with van der Waals surface area (Å²) in [5, 5.41) is 17.4. The van der Waals surface area contributed by atoms with Crippen molar-refractivity contribution in [3.63, 3.8) is 0 Å². The summed E-state index contributed by atoms with van der Waals surface area (Å²) in [6, 6.07) is 37.2. The minimum Gasteiger partial charge on any atom is -0.493 e. The van der Waals surface area contributed by atoms with E-state index in [1.807, 2.05) is 95.6 Å². The molecule has 1 heterocycles. The lowest BCUT2D eigenvalue weighted by atomic mass is 9.98. The number of carbonyl (C=O) groups excluding carboxylic acids is 1. The van der Waals surface area contributed by atoms with E-state index in [9.17, 15) is 10.1 Å². The van der Waals surface area contributed by atoms with Crippen LogP contribution in [0.4, 0.5) is 5.82 Å². The molecular formula is C35H30N4O4. The monoisotopic (exact) mass is 570 g/mol. The van der Waals surface area contributed by atoms with Crippen LogP contribution in [0.5, 0.6) is 11.5 Å². The van der Waals surface area contributed by atoms with Crippen molar-refractivity contribution in [2.75, 3.05) is 26.1 Å². The fourth-order valence-corrected chi connectivity index (χ4v) is 4.86. The predicted octanol–water partition coefficient (Wildman–Crippen LogP) is 6.75. The molecule has 0 aliphatic rings. The first-order chi connectivity index (χ1) is 21.1. The molecule has 0 atom stereocenters. The van der Waals surface area contributed by atoms with Crippen molar-refractivity contribution in [3.05, 3.63) is 126 Å². The van der Waals surface area contributed by atoms with Crippen LogP contribution in [0.3, 0.4) is 0 Å². The highest BCUT2D eigenvalue weighted by atomic mass is 16.6. The minimum atomic E-state index is -0.452. The Morgan fingerprint density at radius 2 is 1.49 bits per heavy atom. The van der Waals surface area contributed by atoms with Crippen molar-refractivity contribution in [1.29, 1.82) is 5.26 Å². The Bertz CT molecular complexity index is 1760. The van der Waals surface area contributed by atoms with Gasteiger partial charge in [0, 0.05) is 17.7 Å². The topological polar surface area (TPSA) is 97.9 Å². The molecule has 1 amide bonds. The molecule has 1 aromatic heterocycles. The Balaban J connectivity index is 1.49. The molecule has 0 saturated heterocycles. The normalized spacial score (nSPS) is 10.7. The number of hydrogen-bond donors (Lipinski definition) is 1. The minimum absolute atomic E-state index is 0.355. The van der Waals surface area contributed by atoms with E-state index in [0.717, 1.165) is 27.9 Å². The van der Waals surface area contributed by atoms with E-state index in [2.05, 4.69) is 16.5 Å². The number of methoxy groups -OCH3 is 2. The van der Waals surface area contributed by atoms with Crippen molar-refractivity contribution in [1.82, 2.24) is 4.57 Å². The summed E-state index contributed by atoms with van der Waals surface area (Å²) < 4.78 is 12.6. The summed E-state index contributed by atoms with van der Waals surface area (Å²) in [6.45, 7) is 0.0764. The molecule has 0 fully saturated rings. The second kappa shape index (κ2) is 13.7. The Kier molecular flexibility index (Phi) is 9.15. The van der Waals surface area contributed by atoms with Gasteiger partial charge < -0.3 is 24.2 Å². The fraction of sp³-hybridized carbons (Fsp3) is 0.114. The number of anilines is 1. The van der Waals surface area contributed by atoms with Gasteiger partial charge in [-0.25, -0.2) is 0 Å².